The molecule has 3 saturated carbocycles. The highest BCUT2D eigenvalue weighted by atomic mass is 16.7. The molecule has 16 heteroatoms. The molecule has 1 spiro atoms. The van der Waals surface area contributed by atoms with Crippen molar-refractivity contribution < 1.29 is 68.0 Å². The van der Waals surface area contributed by atoms with Gasteiger partial charge in [0.2, 0.25) is 6.29 Å². The minimum absolute atomic E-state index is 0.0260. The predicted octanol–water partition coefficient (Wildman–Crippen LogP) is 3.53. The molecule has 6 fully saturated rings. The molecule has 8 aliphatic rings. The topological polar surface area (TPSA) is 212 Å². The first-order chi connectivity index (χ1) is 31.2. The van der Waals surface area contributed by atoms with Gasteiger partial charge < -0.3 is 58.9 Å². The highest BCUT2D eigenvalue weighted by Gasteiger charge is 2.89. The Bertz CT molecular complexity index is 2250. The molecule has 9 rings (SSSR count). The van der Waals surface area contributed by atoms with Gasteiger partial charge in [0.25, 0.3) is 0 Å². The van der Waals surface area contributed by atoms with Crippen LogP contribution < -0.4 is 19.5 Å². The van der Waals surface area contributed by atoms with E-state index in [2.05, 4.69) is 16.3 Å². The van der Waals surface area contributed by atoms with Crippen LogP contribution in [-0.2, 0) is 35.0 Å². The number of fused-ring (bicyclic) bond motifs is 2. The van der Waals surface area contributed by atoms with Crippen molar-refractivity contribution in [3.63, 3.8) is 0 Å². The van der Waals surface area contributed by atoms with Crippen LogP contribution in [0.2, 0.25) is 0 Å². The summed E-state index contributed by atoms with van der Waals surface area (Å²) in [5.74, 6) is -2.53. The van der Waals surface area contributed by atoms with Gasteiger partial charge >= 0.3 is 5.97 Å². The van der Waals surface area contributed by atoms with Crippen molar-refractivity contribution in [1.82, 2.24) is 10.2 Å². The molecule has 16 nitrogen and oxygen atoms in total. The normalized spacial score (nSPS) is 37.5. The lowest BCUT2D eigenvalue weighted by molar-refractivity contribution is -0.277. The van der Waals surface area contributed by atoms with Crippen molar-refractivity contribution in [2.75, 3.05) is 47.1 Å². The second-order valence-corrected chi connectivity index (χ2v) is 20.4. The van der Waals surface area contributed by atoms with E-state index in [4.69, 9.17) is 33.2 Å². The third-order valence-electron chi connectivity index (χ3n) is 15.3. The van der Waals surface area contributed by atoms with Crippen molar-refractivity contribution in [1.29, 1.82) is 0 Å². The molecule has 0 aromatic heterocycles. The number of benzene rings is 1. The lowest BCUT2D eigenvalue weighted by atomic mass is 9.42. The number of carbonyl (C=O) groups is 3. The number of aliphatic hydroxyl groups is 4. The largest absolute Gasteiger partial charge is 0.482 e. The van der Waals surface area contributed by atoms with Crippen molar-refractivity contribution >= 4 is 23.6 Å². The Labute approximate surface area is 386 Å². The zero-order valence-electron chi connectivity index (χ0n) is 39.9. The Hall–Kier alpha value is -3.97. The van der Waals surface area contributed by atoms with Crippen LogP contribution in [0.5, 0.6) is 17.2 Å². The molecule has 7 unspecified atom stereocenters. The summed E-state index contributed by atoms with van der Waals surface area (Å²) >= 11 is 0. The standard InChI is InChI=1S/C50H68N2O14/c1-26(2)12-11-17-47(8)18-16-30-39(64-47)29(14-13-27(3)4)41-33(40(30)63-44-38(57)37(56)35(54)31(25-53)62-44)36(55)34-42(52-20-22-61-23-21-52)48(51-9)24-32-46(6,7)66-49(45(48)59,50(32,34)65-41)19-15-28(5)43(58)60-10/h12-13,15-16,18,31-32,34-35,37-38,42,44,51,53-54,56-57H,11,14,17,19-25H2,1-10H3/b28-15-/t31-,32?,34?,35-,37+,38-,42?,44+,47?,48?,49?,50?/m1/s1. The van der Waals surface area contributed by atoms with E-state index >= 15 is 9.59 Å². The van der Waals surface area contributed by atoms with E-state index in [1.165, 1.54) is 7.11 Å². The van der Waals surface area contributed by atoms with Crippen LogP contribution >= 0.6 is 0 Å². The van der Waals surface area contributed by atoms with E-state index in [9.17, 15) is 25.2 Å². The number of ether oxygens (including phenoxy) is 7. The molecule has 1 aromatic carbocycles. The Morgan fingerprint density at radius 2 is 1.65 bits per heavy atom. The number of nitrogens with one attached hydrogen (secondary N) is 1. The molecule has 1 aromatic rings. The number of nitrogens with zero attached hydrogens (tertiary/aromatic N) is 1. The first-order valence-corrected chi connectivity index (χ1v) is 23.3. The predicted molar refractivity (Wildman–Crippen MR) is 241 cm³/mol. The first-order valence-electron chi connectivity index (χ1n) is 23.3. The molecule has 3 aliphatic carbocycles. The molecule has 4 bridgehead atoms. The van der Waals surface area contributed by atoms with Crippen LogP contribution in [0.1, 0.15) is 103 Å². The number of hydrogen-bond donors (Lipinski definition) is 5. The molecular formula is C50H68N2O14. The quantitative estimate of drug-likeness (QED) is 0.109. The molecule has 5 N–H and O–H groups in total. The number of morpholine rings is 1. The van der Waals surface area contributed by atoms with Gasteiger partial charge in [0.15, 0.2) is 22.8 Å². The summed E-state index contributed by atoms with van der Waals surface area (Å²) in [5, 5.41) is 46.9. The van der Waals surface area contributed by atoms with E-state index in [1.54, 1.807) is 20.0 Å². The number of aliphatic hydroxyl groups excluding tert-OH is 4. The Morgan fingerprint density at radius 3 is 2.29 bits per heavy atom. The number of carbonyl (C=O) groups excluding carboxylic acids is 3. The zero-order chi connectivity index (χ0) is 47.9. The van der Waals surface area contributed by atoms with Crippen LogP contribution in [0.15, 0.2) is 41.0 Å². The highest BCUT2D eigenvalue weighted by Crippen LogP contribution is 2.72. The van der Waals surface area contributed by atoms with E-state index in [0.29, 0.717) is 56.0 Å². The lowest BCUT2D eigenvalue weighted by Crippen LogP contribution is -2.90. The summed E-state index contributed by atoms with van der Waals surface area (Å²) in [6, 6.07) is -0.783. The Kier molecular flexibility index (Phi) is 12.9. The Balaban J connectivity index is 1.45. The summed E-state index contributed by atoms with van der Waals surface area (Å²) < 4.78 is 45.6. The number of esters is 1. The first kappa shape index (κ1) is 48.5. The number of methoxy groups -OCH3 is 1. The van der Waals surface area contributed by atoms with Gasteiger partial charge in [0.1, 0.15) is 52.8 Å². The fourth-order valence-corrected chi connectivity index (χ4v) is 12.1. The summed E-state index contributed by atoms with van der Waals surface area (Å²) in [5.41, 5.74) is -3.41. The monoisotopic (exact) mass is 920 g/mol. The average Bonchev–Trinajstić information content (AvgIpc) is 3.43. The number of rotatable bonds is 13. The fourth-order valence-electron chi connectivity index (χ4n) is 12.1. The minimum atomic E-state index is -1.82. The van der Waals surface area contributed by atoms with Gasteiger partial charge in [-0.3, -0.25) is 14.5 Å². The molecule has 3 saturated heterocycles. The SMILES string of the molecule is CNC12CC3C(C)(C)OC(C/C=C(/C)C(=O)OC)(C1=O)C31Oc3c(CC=C(C)C)c4c(c(O[C@@H]5O[C@H](CO)[C@@H](O)[C@H](O)[C@H]5O)c3C(=O)C1C2N1CCOCC1)C=CC(C)(CCC=C(C)C)O4. The summed E-state index contributed by atoms with van der Waals surface area (Å²) in [4.78, 5) is 47.8. The van der Waals surface area contributed by atoms with Gasteiger partial charge in [-0.2, -0.15) is 0 Å². The molecule has 362 valence electrons. The van der Waals surface area contributed by atoms with Gasteiger partial charge in [0.05, 0.1) is 49.6 Å². The highest BCUT2D eigenvalue weighted by molar-refractivity contribution is 6.12. The smallest absolute Gasteiger partial charge is 0.333 e. The number of Topliss-reactive ketones (excluding diaryl/α,β-unsaturated/α-hetero) is 2. The molecule has 12 atom stereocenters. The molecule has 0 radical (unpaired) electrons. The lowest BCUT2D eigenvalue weighted by Gasteiger charge is -2.68. The van der Waals surface area contributed by atoms with Crippen LogP contribution in [0.25, 0.3) is 6.08 Å². The molecule has 5 aliphatic heterocycles. The van der Waals surface area contributed by atoms with Crippen LogP contribution in [0, 0.1) is 11.8 Å². The van der Waals surface area contributed by atoms with Gasteiger partial charge in [-0.1, -0.05) is 29.4 Å². The van der Waals surface area contributed by atoms with Gasteiger partial charge in [-0.25, -0.2) is 4.79 Å². The summed E-state index contributed by atoms with van der Waals surface area (Å²) in [6.45, 7) is 16.3. The Morgan fingerprint density at radius 1 is 0.955 bits per heavy atom. The van der Waals surface area contributed by atoms with Crippen molar-refractivity contribution in [3.05, 3.63) is 57.7 Å². The van der Waals surface area contributed by atoms with Gasteiger partial charge in [-0.05, 0) is 100 Å². The molecule has 66 heavy (non-hydrogen) atoms. The summed E-state index contributed by atoms with van der Waals surface area (Å²) in [6.07, 6.45) is 2.97. The molecule has 0 amide bonds. The number of likely N-dealkylation sites (N-methyl/N-ethyl adjacent to an activating group) is 1. The third kappa shape index (κ3) is 7.32. The third-order valence-corrected chi connectivity index (χ3v) is 15.3. The maximum absolute atomic E-state index is 16.7. The van der Waals surface area contributed by atoms with Gasteiger partial charge in [-0.15, -0.1) is 0 Å². The van der Waals surface area contributed by atoms with Crippen molar-refractivity contribution in [2.45, 2.75) is 152 Å². The van der Waals surface area contributed by atoms with Crippen LogP contribution in [0.4, 0.5) is 0 Å². The average molecular weight is 921 g/mol. The maximum Gasteiger partial charge on any atom is 0.333 e. The minimum Gasteiger partial charge on any atom is -0.482 e. The molecular weight excluding hydrogens is 853 g/mol. The number of allylic oxidation sites excluding steroid dienone is 4. The van der Waals surface area contributed by atoms with Crippen molar-refractivity contribution in [3.8, 4) is 17.2 Å². The molecule has 5 heterocycles. The van der Waals surface area contributed by atoms with E-state index in [0.717, 1.165) is 11.1 Å². The second kappa shape index (κ2) is 17.5. The van der Waals surface area contributed by atoms with Crippen molar-refractivity contribution in [2.24, 2.45) is 11.8 Å². The zero-order valence-corrected chi connectivity index (χ0v) is 39.9. The van der Waals surface area contributed by atoms with E-state index in [-0.39, 0.29) is 47.7 Å². The maximum atomic E-state index is 16.7. The summed E-state index contributed by atoms with van der Waals surface area (Å²) in [7, 11) is 3.02. The fraction of sp³-hybridized carbons (Fsp3) is 0.660. The number of ketones is 2. The van der Waals surface area contributed by atoms with E-state index < -0.39 is 94.9 Å². The van der Waals surface area contributed by atoms with E-state index in [1.807, 2.05) is 66.7 Å². The second-order valence-electron chi connectivity index (χ2n) is 20.4. The van der Waals surface area contributed by atoms with Crippen LogP contribution in [0.3, 0.4) is 0 Å². The number of hydrogen-bond acceptors (Lipinski definition) is 16. The van der Waals surface area contributed by atoms with Crippen LogP contribution in [-0.4, -0.2) is 155 Å². The van der Waals surface area contributed by atoms with Gasteiger partial charge in [0, 0.05) is 42.6 Å².